The summed E-state index contributed by atoms with van der Waals surface area (Å²) in [5.41, 5.74) is 5.21. The van der Waals surface area contributed by atoms with E-state index in [9.17, 15) is 0 Å². The molecule has 3 aromatic rings. The molecule has 21 heavy (non-hydrogen) atoms. The quantitative estimate of drug-likeness (QED) is 0.479. The van der Waals surface area contributed by atoms with Crippen LogP contribution in [0, 0.1) is 0 Å². The molecule has 0 saturated heterocycles. The van der Waals surface area contributed by atoms with E-state index in [1.54, 1.807) is 0 Å². The number of halogens is 2. The van der Waals surface area contributed by atoms with Gasteiger partial charge in [0.15, 0.2) is 0 Å². The van der Waals surface area contributed by atoms with Gasteiger partial charge in [-0.1, -0.05) is 74.3 Å². The summed E-state index contributed by atoms with van der Waals surface area (Å²) < 4.78 is 2.06. The van der Waals surface area contributed by atoms with Gasteiger partial charge in [0.05, 0.1) is 6.04 Å². The van der Waals surface area contributed by atoms with Gasteiger partial charge in [-0.05, 0) is 40.1 Å². The largest absolute Gasteiger partial charge is 0.271 e. The van der Waals surface area contributed by atoms with Gasteiger partial charge in [0.1, 0.15) is 0 Å². The minimum absolute atomic E-state index is 0.0806. The van der Waals surface area contributed by atoms with E-state index in [-0.39, 0.29) is 6.04 Å². The zero-order valence-corrected chi connectivity index (χ0v) is 14.4. The summed E-state index contributed by atoms with van der Waals surface area (Å²) in [6.07, 6.45) is 0. The minimum atomic E-state index is -0.0806. The van der Waals surface area contributed by atoms with Crippen LogP contribution < -0.4 is 11.3 Å². The Morgan fingerprint density at radius 2 is 1.62 bits per heavy atom. The molecule has 0 saturated carbocycles. The van der Waals surface area contributed by atoms with Crippen molar-refractivity contribution in [2.45, 2.75) is 6.04 Å². The van der Waals surface area contributed by atoms with E-state index < -0.39 is 0 Å². The van der Waals surface area contributed by atoms with Gasteiger partial charge in [-0.3, -0.25) is 5.84 Å². The lowest BCUT2D eigenvalue weighted by atomic mass is 9.94. The molecule has 4 heteroatoms. The van der Waals surface area contributed by atoms with E-state index in [4.69, 9.17) is 5.84 Å². The second-order valence-corrected chi connectivity index (χ2v) is 6.60. The van der Waals surface area contributed by atoms with Crippen LogP contribution in [0.15, 0.2) is 69.6 Å². The van der Waals surface area contributed by atoms with Gasteiger partial charge in [-0.25, -0.2) is 5.43 Å². The SMILES string of the molecule is NNC(c1cc(Br)ccc1Br)c1cccc2ccccc12. The molecule has 0 bridgehead atoms. The number of hydrogen-bond donors (Lipinski definition) is 2. The van der Waals surface area contributed by atoms with Crippen molar-refractivity contribution in [3.05, 3.63) is 80.7 Å². The van der Waals surface area contributed by atoms with Crippen molar-refractivity contribution in [1.82, 2.24) is 5.43 Å². The summed E-state index contributed by atoms with van der Waals surface area (Å²) in [6, 6.07) is 20.7. The topological polar surface area (TPSA) is 38.0 Å². The van der Waals surface area contributed by atoms with E-state index >= 15 is 0 Å². The zero-order valence-electron chi connectivity index (χ0n) is 11.2. The van der Waals surface area contributed by atoms with Crippen LogP contribution in [0.5, 0.6) is 0 Å². The number of rotatable bonds is 3. The van der Waals surface area contributed by atoms with Crippen LogP contribution in [-0.4, -0.2) is 0 Å². The maximum atomic E-state index is 5.86. The smallest absolute Gasteiger partial charge is 0.0727 e. The van der Waals surface area contributed by atoms with Gasteiger partial charge in [0, 0.05) is 8.95 Å². The molecule has 0 aromatic heterocycles. The Bertz CT molecular complexity index is 781. The van der Waals surface area contributed by atoms with Crippen LogP contribution in [0.25, 0.3) is 10.8 Å². The zero-order chi connectivity index (χ0) is 14.8. The van der Waals surface area contributed by atoms with Crippen LogP contribution >= 0.6 is 31.9 Å². The second-order valence-electron chi connectivity index (χ2n) is 4.83. The first kappa shape index (κ1) is 14.7. The summed E-state index contributed by atoms with van der Waals surface area (Å²) in [4.78, 5) is 0. The molecule has 3 rings (SSSR count). The molecule has 0 radical (unpaired) electrons. The maximum Gasteiger partial charge on any atom is 0.0727 e. The van der Waals surface area contributed by atoms with E-state index in [0.717, 1.165) is 20.1 Å². The van der Waals surface area contributed by atoms with Gasteiger partial charge in [0.2, 0.25) is 0 Å². The van der Waals surface area contributed by atoms with Gasteiger partial charge in [-0.2, -0.15) is 0 Å². The van der Waals surface area contributed by atoms with Gasteiger partial charge in [0.25, 0.3) is 0 Å². The van der Waals surface area contributed by atoms with Crippen molar-refractivity contribution < 1.29 is 0 Å². The molecule has 0 aliphatic rings. The molecule has 0 amide bonds. The van der Waals surface area contributed by atoms with E-state index in [1.165, 1.54) is 10.8 Å². The predicted molar refractivity (Wildman–Crippen MR) is 95.0 cm³/mol. The fourth-order valence-electron chi connectivity index (χ4n) is 2.59. The van der Waals surface area contributed by atoms with E-state index in [0.29, 0.717) is 0 Å². The van der Waals surface area contributed by atoms with Crippen LogP contribution in [0.4, 0.5) is 0 Å². The third kappa shape index (κ3) is 2.90. The molecule has 3 aromatic carbocycles. The fourth-order valence-corrected chi connectivity index (χ4v) is 3.44. The van der Waals surface area contributed by atoms with Crippen LogP contribution in [0.2, 0.25) is 0 Å². The highest BCUT2D eigenvalue weighted by Crippen LogP contribution is 2.33. The normalized spacial score (nSPS) is 12.5. The summed E-state index contributed by atoms with van der Waals surface area (Å²) in [5.74, 6) is 5.86. The first-order valence-corrected chi connectivity index (χ1v) is 8.18. The third-order valence-corrected chi connectivity index (χ3v) is 4.79. The Hall–Kier alpha value is -1.20. The monoisotopic (exact) mass is 404 g/mol. The minimum Gasteiger partial charge on any atom is -0.271 e. The highest BCUT2D eigenvalue weighted by molar-refractivity contribution is 9.11. The number of nitrogens with two attached hydrogens (primary N) is 1. The number of benzene rings is 3. The Balaban J connectivity index is 2.21. The fraction of sp³-hybridized carbons (Fsp3) is 0.0588. The van der Waals surface area contributed by atoms with Gasteiger partial charge < -0.3 is 0 Å². The van der Waals surface area contributed by atoms with Crippen molar-refractivity contribution in [2.75, 3.05) is 0 Å². The molecular formula is C17H14Br2N2. The van der Waals surface area contributed by atoms with Crippen LogP contribution in [-0.2, 0) is 0 Å². The van der Waals surface area contributed by atoms with Crippen molar-refractivity contribution in [3.8, 4) is 0 Å². The Kier molecular flexibility index (Phi) is 4.40. The van der Waals surface area contributed by atoms with Crippen molar-refractivity contribution >= 4 is 42.6 Å². The molecule has 106 valence electrons. The second kappa shape index (κ2) is 6.28. The Morgan fingerprint density at radius 1 is 0.857 bits per heavy atom. The third-order valence-electron chi connectivity index (χ3n) is 3.57. The molecule has 1 atom stereocenters. The van der Waals surface area contributed by atoms with Gasteiger partial charge >= 0.3 is 0 Å². The van der Waals surface area contributed by atoms with Crippen molar-refractivity contribution in [2.24, 2.45) is 5.84 Å². The summed E-state index contributed by atoms with van der Waals surface area (Å²) in [7, 11) is 0. The van der Waals surface area contributed by atoms with Crippen molar-refractivity contribution in [1.29, 1.82) is 0 Å². The first-order valence-electron chi connectivity index (χ1n) is 6.59. The number of hydrazine groups is 1. The molecular weight excluding hydrogens is 392 g/mol. The van der Waals surface area contributed by atoms with E-state index in [1.807, 2.05) is 18.2 Å². The lowest BCUT2D eigenvalue weighted by Gasteiger charge is -2.20. The molecule has 2 nitrogen and oxygen atoms in total. The highest BCUT2D eigenvalue weighted by Gasteiger charge is 2.17. The molecule has 0 heterocycles. The number of fused-ring (bicyclic) bond motifs is 1. The Labute approximate surface area is 140 Å². The summed E-state index contributed by atoms with van der Waals surface area (Å²) in [6.45, 7) is 0. The molecule has 0 fully saturated rings. The Morgan fingerprint density at radius 3 is 2.43 bits per heavy atom. The van der Waals surface area contributed by atoms with Crippen LogP contribution in [0.1, 0.15) is 17.2 Å². The predicted octanol–water partition coefficient (Wildman–Crippen LogP) is 4.92. The summed E-state index contributed by atoms with van der Waals surface area (Å²) in [5, 5.41) is 2.41. The lowest BCUT2D eigenvalue weighted by molar-refractivity contribution is 0.638. The molecule has 0 spiro atoms. The van der Waals surface area contributed by atoms with E-state index in [2.05, 4.69) is 79.8 Å². The first-order chi connectivity index (χ1) is 10.2. The average Bonchev–Trinajstić information content (AvgIpc) is 2.51. The van der Waals surface area contributed by atoms with Crippen LogP contribution in [0.3, 0.4) is 0 Å². The lowest BCUT2D eigenvalue weighted by Crippen LogP contribution is -2.29. The molecule has 0 aliphatic carbocycles. The molecule has 0 aliphatic heterocycles. The van der Waals surface area contributed by atoms with Gasteiger partial charge in [-0.15, -0.1) is 0 Å². The standard InChI is InChI=1S/C17H14Br2N2/c18-12-8-9-16(19)15(10-12)17(21-20)14-7-3-5-11-4-1-2-6-13(11)14/h1-10,17,21H,20H2. The average molecular weight is 406 g/mol. The maximum absolute atomic E-state index is 5.86. The van der Waals surface area contributed by atoms with Crippen molar-refractivity contribution in [3.63, 3.8) is 0 Å². The molecule has 1 unspecified atom stereocenters. The summed E-state index contributed by atoms with van der Waals surface area (Å²) >= 11 is 7.14. The molecule has 3 N–H and O–H groups in total. The number of hydrogen-bond acceptors (Lipinski definition) is 2. The number of nitrogens with one attached hydrogen (secondary N) is 1. The highest BCUT2D eigenvalue weighted by atomic mass is 79.9.